The number of fused-ring (bicyclic) bond motifs is 6. The number of allylic oxidation sites excluding steroid dienone is 2. The first kappa shape index (κ1) is 17.9. The summed E-state index contributed by atoms with van der Waals surface area (Å²) in [7, 11) is 0. The number of halogens is 2. The predicted molar refractivity (Wildman–Crippen MR) is 123 cm³/mol. The number of hydrogen-bond donors (Lipinski definition) is 0. The van der Waals surface area contributed by atoms with E-state index in [1.807, 2.05) is 24.3 Å². The van der Waals surface area contributed by atoms with Gasteiger partial charge in [0.05, 0.1) is 17.4 Å². The fraction of sp³-hybridized carbons (Fsp3) is 0.423. The molecule has 2 aromatic carbocycles. The maximum Gasteiger partial charge on any atom is 0.0737 e. The van der Waals surface area contributed by atoms with Gasteiger partial charge in [0.15, 0.2) is 0 Å². The number of hydrogen-bond acceptors (Lipinski definition) is 2. The van der Waals surface area contributed by atoms with E-state index in [0.29, 0.717) is 12.0 Å². The van der Waals surface area contributed by atoms with Crippen molar-refractivity contribution in [3.05, 3.63) is 76.3 Å². The summed E-state index contributed by atoms with van der Waals surface area (Å²) in [5, 5.41) is 9.19. The second-order valence-electron chi connectivity index (χ2n) is 9.84. The van der Waals surface area contributed by atoms with Crippen molar-refractivity contribution in [3.63, 3.8) is 0 Å². The molecule has 8 atom stereocenters. The molecule has 152 valence electrons. The van der Waals surface area contributed by atoms with Crippen LogP contribution in [0, 0.1) is 41.4 Å². The van der Waals surface area contributed by atoms with E-state index in [9.17, 15) is 0 Å². The lowest BCUT2D eigenvalue weighted by molar-refractivity contribution is 0.0472. The van der Waals surface area contributed by atoms with E-state index in [1.54, 1.807) is 0 Å². The number of nitrogens with zero attached hydrogens (tertiary/aromatic N) is 2. The van der Waals surface area contributed by atoms with Crippen molar-refractivity contribution in [1.29, 1.82) is 0 Å². The molecule has 1 aliphatic heterocycles. The average Bonchev–Trinajstić information content (AvgIpc) is 3.47. The smallest absolute Gasteiger partial charge is 0.0737 e. The zero-order chi connectivity index (χ0) is 20.0. The molecule has 4 bridgehead atoms. The van der Waals surface area contributed by atoms with Crippen LogP contribution in [0.3, 0.4) is 0 Å². The van der Waals surface area contributed by atoms with Gasteiger partial charge in [-0.2, -0.15) is 5.10 Å². The minimum absolute atomic E-state index is 0.468. The van der Waals surface area contributed by atoms with Crippen LogP contribution in [-0.4, -0.2) is 11.8 Å². The molecular weight excluding hydrogens is 411 g/mol. The average molecular weight is 435 g/mol. The quantitative estimate of drug-likeness (QED) is 0.481. The molecule has 6 aliphatic rings. The van der Waals surface area contributed by atoms with Crippen LogP contribution in [0.25, 0.3) is 0 Å². The van der Waals surface area contributed by atoms with Crippen LogP contribution in [-0.2, 0) is 0 Å². The third-order valence-electron chi connectivity index (χ3n) is 8.72. The summed E-state index contributed by atoms with van der Waals surface area (Å²) in [5.74, 6) is 5.24. The highest BCUT2D eigenvalue weighted by molar-refractivity contribution is 6.31. The highest BCUT2D eigenvalue weighted by Gasteiger charge is 2.66. The first-order valence-electron chi connectivity index (χ1n) is 11.3. The maximum absolute atomic E-state index is 6.20. The summed E-state index contributed by atoms with van der Waals surface area (Å²) >= 11 is 12.4. The Morgan fingerprint density at radius 1 is 0.767 bits per heavy atom. The van der Waals surface area contributed by atoms with Crippen molar-refractivity contribution in [2.45, 2.75) is 25.3 Å². The minimum Gasteiger partial charge on any atom is -0.261 e. The normalized spacial score (nSPS) is 39.9. The highest BCUT2D eigenvalue weighted by atomic mass is 35.5. The highest BCUT2D eigenvalue weighted by Crippen LogP contribution is 2.67. The summed E-state index contributed by atoms with van der Waals surface area (Å²) in [6.07, 6.45) is 9.23. The Bertz CT molecular complexity index is 1060. The van der Waals surface area contributed by atoms with Crippen LogP contribution >= 0.6 is 23.2 Å². The first-order valence-corrected chi connectivity index (χ1v) is 12.0. The molecule has 0 spiro atoms. The second kappa shape index (κ2) is 6.37. The molecule has 1 heterocycles. The predicted octanol–water partition coefficient (Wildman–Crippen LogP) is 6.68. The lowest BCUT2D eigenvalue weighted by atomic mass is 9.54. The molecule has 8 rings (SSSR count). The summed E-state index contributed by atoms with van der Waals surface area (Å²) in [6, 6.07) is 17.0. The van der Waals surface area contributed by atoms with E-state index in [-0.39, 0.29) is 0 Å². The van der Waals surface area contributed by atoms with Crippen LogP contribution in [0.2, 0.25) is 10.0 Å². The molecule has 0 saturated heterocycles. The Balaban J connectivity index is 1.35. The van der Waals surface area contributed by atoms with Gasteiger partial charge in [-0.05, 0) is 96.7 Å². The Hall–Kier alpha value is -1.77. The van der Waals surface area contributed by atoms with Crippen molar-refractivity contribution in [2.75, 3.05) is 5.01 Å². The molecule has 4 heteroatoms. The number of benzene rings is 2. The Kier molecular flexibility index (Phi) is 3.79. The number of rotatable bonds is 2. The molecule has 5 aliphatic carbocycles. The molecule has 0 aromatic heterocycles. The van der Waals surface area contributed by atoms with Gasteiger partial charge in [0, 0.05) is 16.0 Å². The van der Waals surface area contributed by atoms with Gasteiger partial charge in [-0.15, -0.1) is 0 Å². The van der Waals surface area contributed by atoms with E-state index in [4.69, 9.17) is 28.3 Å². The summed E-state index contributed by atoms with van der Waals surface area (Å²) in [4.78, 5) is 0. The standard InChI is InChI=1S/C26H24Cl2N2/c27-17-7-5-16(6-8-17)25-24-20-13-21(23-15-3-1-14(2-4-15)22(20)23)26(24)30(29-25)19-11-9-18(28)10-12-19/h1,3,5-12,14-15,20-24,26H,2,4,13H2/t14-,15?,20+,21-,22?,23?,24-,26-/m1/s1. The van der Waals surface area contributed by atoms with Crippen LogP contribution in [0.15, 0.2) is 65.8 Å². The Labute approximate surface area is 187 Å². The second-order valence-corrected chi connectivity index (χ2v) is 10.7. The molecule has 3 fully saturated rings. The molecular formula is C26H24Cl2N2. The number of anilines is 1. The minimum atomic E-state index is 0.468. The first-order chi connectivity index (χ1) is 14.7. The molecule has 0 amide bonds. The van der Waals surface area contributed by atoms with Gasteiger partial charge in [-0.25, -0.2) is 0 Å². The Morgan fingerprint density at radius 3 is 2.00 bits per heavy atom. The molecule has 2 nitrogen and oxygen atoms in total. The van der Waals surface area contributed by atoms with Crippen molar-refractivity contribution in [1.82, 2.24) is 0 Å². The molecule has 2 aromatic rings. The molecule has 30 heavy (non-hydrogen) atoms. The van der Waals surface area contributed by atoms with E-state index >= 15 is 0 Å². The lowest BCUT2D eigenvalue weighted by Crippen LogP contribution is -2.51. The molecule has 0 radical (unpaired) electrons. The van der Waals surface area contributed by atoms with Gasteiger partial charge >= 0.3 is 0 Å². The van der Waals surface area contributed by atoms with E-state index < -0.39 is 0 Å². The van der Waals surface area contributed by atoms with E-state index in [1.165, 1.54) is 36.2 Å². The van der Waals surface area contributed by atoms with Crippen molar-refractivity contribution in [3.8, 4) is 0 Å². The lowest BCUT2D eigenvalue weighted by Gasteiger charge is -2.51. The summed E-state index contributed by atoms with van der Waals surface area (Å²) < 4.78 is 0. The number of hydrazone groups is 1. The third kappa shape index (κ3) is 2.35. The van der Waals surface area contributed by atoms with Crippen molar-refractivity contribution < 1.29 is 0 Å². The van der Waals surface area contributed by atoms with E-state index in [2.05, 4.69) is 41.4 Å². The molecule has 0 N–H and O–H groups in total. The largest absolute Gasteiger partial charge is 0.261 e. The van der Waals surface area contributed by atoms with Gasteiger partial charge < -0.3 is 0 Å². The SMILES string of the molecule is Clc1ccc(C2=NN(c3ccc(Cl)cc3)[C@H]3[C@@H]2[C@H]2C[C@@H]3C3C4C=C[C@H](CC4)C32)cc1. The van der Waals surface area contributed by atoms with Gasteiger partial charge in [0.2, 0.25) is 0 Å². The monoisotopic (exact) mass is 434 g/mol. The topological polar surface area (TPSA) is 15.6 Å². The fourth-order valence-corrected chi connectivity index (χ4v) is 8.08. The van der Waals surface area contributed by atoms with Gasteiger partial charge in [0.1, 0.15) is 0 Å². The zero-order valence-corrected chi connectivity index (χ0v) is 18.2. The van der Waals surface area contributed by atoms with Crippen molar-refractivity contribution in [2.24, 2.45) is 46.5 Å². The third-order valence-corrected chi connectivity index (χ3v) is 9.22. The van der Waals surface area contributed by atoms with Gasteiger partial charge in [0.25, 0.3) is 0 Å². The molecule has 3 saturated carbocycles. The van der Waals surface area contributed by atoms with Crippen LogP contribution in [0.5, 0.6) is 0 Å². The summed E-state index contributed by atoms with van der Waals surface area (Å²) in [5.41, 5.74) is 3.66. The fourth-order valence-electron chi connectivity index (χ4n) is 7.82. The van der Waals surface area contributed by atoms with Crippen LogP contribution in [0.1, 0.15) is 24.8 Å². The van der Waals surface area contributed by atoms with Gasteiger partial charge in [-0.3, -0.25) is 5.01 Å². The van der Waals surface area contributed by atoms with Crippen LogP contribution in [0.4, 0.5) is 5.69 Å². The maximum atomic E-state index is 6.20. The van der Waals surface area contributed by atoms with Crippen molar-refractivity contribution >= 4 is 34.6 Å². The summed E-state index contributed by atoms with van der Waals surface area (Å²) in [6.45, 7) is 0. The van der Waals surface area contributed by atoms with E-state index in [0.717, 1.165) is 45.6 Å². The Morgan fingerprint density at radius 2 is 1.37 bits per heavy atom. The zero-order valence-electron chi connectivity index (χ0n) is 16.7. The molecule has 3 unspecified atom stereocenters. The van der Waals surface area contributed by atoms with Crippen LogP contribution < -0.4 is 5.01 Å². The van der Waals surface area contributed by atoms with Gasteiger partial charge in [-0.1, -0.05) is 47.5 Å².